The van der Waals surface area contributed by atoms with Gasteiger partial charge in [-0.15, -0.1) is 0 Å². The Labute approximate surface area is 157 Å². The van der Waals surface area contributed by atoms with Crippen LogP contribution in [0.25, 0.3) is 10.9 Å². The van der Waals surface area contributed by atoms with Crippen molar-refractivity contribution in [2.45, 2.75) is 20.4 Å². The highest BCUT2D eigenvalue weighted by Crippen LogP contribution is 2.21. The number of H-pyrrole nitrogens is 1. The molecule has 0 aliphatic heterocycles. The minimum Gasteiger partial charge on any atom is -0.494 e. The van der Waals surface area contributed by atoms with Crippen molar-refractivity contribution in [3.05, 3.63) is 70.0 Å². The molecule has 3 aromatic rings. The highest BCUT2D eigenvalue weighted by molar-refractivity contribution is 5.97. The fourth-order valence-electron chi connectivity index (χ4n) is 2.82. The molecule has 6 nitrogen and oxygen atoms in total. The van der Waals surface area contributed by atoms with E-state index in [1.807, 2.05) is 38.1 Å². The molecule has 0 radical (unpaired) electrons. The van der Waals surface area contributed by atoms with Crippen LogP contribution in [-0.4, -0.2) is 24.1 Å². The second-order valence-electron chi connectivity index (χ2n) is 5.90. The van der Waals surface area contributed by atoms with Crippen molar-refractivity contribution in [2.24, 2.45) is 0 Å². The summed E-state index contributed by atoms with van der Waals surface area (Å²) < 4.78 is 10.9. The number of ether oxygens (including phenoxy) is 2. The normalized spacial score (nSPS) is 10.6. The number of fused-ring (bicyclic) bond motifs is 1. The third-order valence-electron chi connectivity index (χ3n) is 4.11. The first-order valence-electron chi connectivity index (χ1n) is 8.91. The van der Waals surface area contributed by atoms with Gasteiger partial charge in [-0.2, -0.15) is 0 Å². The van der Waals surface area contributed by atoms with Crippen LogP contribution in [0.5, 0.6) is 11.5 Å². The lowest BCUT2D eigenvalue weighted by molar-refractivity contribution is 0.0949. The van der Waals surface area contributed by atoms with E-state index in [-0.39, 0.29) is 11.0 Å². The Hall–Kier alpha value is -3.28. The van der Waals surface area contributed by atoms with Crippen LogP contribution in [0.15, 0.2) is 53.5 Å². The summed E-state index contributed by atoms with van der Waals surface area (Å²) in [5, 5.41) is 3.21. The Kier molecular flexibility index (Phi) is 5.76. The molecular weight excluding hydrogens is 344 g/mol. The molecule has 2 N–H and O–H groups in total. The third-order valence-corrected chi connectivity index (χ3v) is 4.11. The summed E-state index contributed by atoms with van der Waals surface area (Å²) in [7, 11) is 0. The van der Waals surface area contributed by atoms with E-state index in [1.54, 1.807) is 18.2 Å². The summed E-state index contributed by atoms with van der Waals surface area (Å²) in [4.78, 5) is 28.2. The van der Waals surface area contributed by atoms with E-state index in [4.69, 9.17) is 9.47 Å². The largest absolute Gasteiger partial charge is 0.494 e. The van der Waals surface area contributed by atoms with E-state index in [2.05, 4.69) is 10.3 Å². The molecule has 0 atom stereocenters. The molecule has 0 bridgehead atoms. The molecule has 6 heteroatoms. The standard InChI is InChI=1S/C21H22N2O4/c1-3-26-15-10-8-14(9-11-15)12-23-21(25)17-13-22-19-16(20(17)24)6-5-7-18(19)27-4-2/h5-11,13H,3-4,12H2,1-2H3,(H,22,24)(H,23,25). The minimum atomic E-state index is -0.422. The van der Waals surface area contributed by atoms with Gasteiger partial charge in [-0.1, -0.05) is 18.2 Å². The number of rotatable bonds is 7. The number of benzene rings is 2. The average Bonchev–Trinajstić information content (AvgIpc) is 2.68. The predicted octanol–water partition coefficient (Wildman–Crippen LogP) is 3.26. The number of carbonyl (C=O) groups is 1. The van der Waals surface area contributed by atoms with Crippen LogP contribution in [-0.2, 0) is 6.54 Å². The summed E-state index contributed by atoms with van der Waals surface area (Å²) in [6.07, 6.45) is 1.43. The predicted molar refractivity (Wildman–Crippen MR) is 105 cm³/mol. The first-order valence-corrected chi connectivity index (χ1v) is 8.91. The van der Waals surface area contributed by atoms with Gasteiger partial charge >= 0.3 is 0 Å². The van der Waals surface area contributed by atoms with Crippen LogP contribution < -0.4 is 20.2 Å². The maximum absolute atomic E-state index is 12.7. The summed E-state index contributed by atoms with van der Waals surface area (Å²) >= 11 is 0. The lowest BCUT2D eigenvalue weighted by Crippen LogP contribution is -2.28. The Morgan fingerprint density at radius 3 is 2.48 bits per heavy atom. The third kappa shape index (κ3) is 4.11. The van der Waals surface area contributed by atoms with E-state index in [0.717, 1.165) is 11.3 Å². The summed E-state index contributed by atoms with van der Waals surface area (Å²) in [6, 6.07) is 12.7. The second kappa shape index (κ2) is 8.40. The van der Waals surface area contributed by atoms with E-state index in [0.29, 0.717) is 36.4 Å². The van der Waals surface area contributed by atoms with Gasteiger partial charge in [-0.3, -0.25) is 9.59 Å². The molecule has 0 spiro atoms. The van der Waals surface area contributed by atoms with Gasteiger partial charge in [-0.25, -0.2) is 0 Å². The van der Waals surface area contributed by atoms with E-state index in [9.17, 15) is 9.59 Å². The van der Waals surface area contributed by atoms with Crippen LogP contribution in [0.4, 0.5) is 0 Å². The van der Waals surface area contributed by atoms with Crippen LogP contribution >= 0.6 is 0 Å². The smallest absolute Gasteiger partial charge is 0.257 e. The Morgan fingerprint density at radius 2 is 1.78 bits per heavy atom. The monoisotopic (exact) mass is 366 g/mol. The number of nitrogens with one attached hydrogen (secondary N) is 2. The average molecular weight is 366 g/mol. The van der Waals surface area contributed by atoms with Crippen LogP contribution in [0.2, 0.25) is 0 Å². The zero-order chi connectivity index (χ0) is 19.2. The van der Waals surface area contributed by atoms with E-state index in [1.165, 1.54) is 6.20 Å². The first kappa shape index (κ1) is 18.5. The lowest BCUT2D eigenvalue weighted by Gasteiger charge is -2.09. The molecule has 0 fully saturated rings. The van der Waals surface area contributed by atoms with Crippen molar-refractivity contribution in [3.8, 4) is 11.5 Å². The number of para-hydroxylation sites is 1. The lowest BCUT2D eigenvalue weighted by atomic mass is 10.1. The fourth-order valence-corrected chi connectivity index (χ4v) is 2.82. The highest BCUT2D eigenvalue weighted by atomic mass is 16.5. The second-order valence-corrected chi connectivity index (χ2v) is 5.90. The molecule has 0 aliphatic carbocycles. The molecule has 1 aromatic heterocycles. The van der Waals surface area contributed by atoms with E-state index >= 15 is 0 Å². The molecule has 1 heterocycles. The number of hydrogen-bond acceptors (Lipinski definition) is 4. The van der Waals surface area contributed by atoms with Crippen LogP contribution in [0.3, 0.4) is 0 Å². The van der Waals surface area contributed by atoms with E-state index < -0.39 is 5.91 Å². The summed E-state index contributed by atoms with van der Waals surface area (Å²) in [5.41, 5.74) is 1.26. The summed E-state index contributed by atoms with van der Waals surface area (Å²) in [6.45, 7) is 5.21. The highest BCUT2D eigenvalue weighted by Gasteiger charge is 2.14. The van der Waals surface area contributed by atoms with Crippen molar-refractivity contribution >= 4 is 16.8 Å². The molecule has 0 saturated carbocycles. The Morgan fingerprint density at radius 1 is 1.04 bits per heavy atom. The minimum absolute atomic E-state index is 0.0714. The number of hydrogen-bond donors (Lipinski definition) is 2. The van der Waals surface area contributed by atoms with Crippen LogP contribution in [0, 0.1) is 0 Å². The van der Waals surface area contributed by atoms with Gasteiger partial charge < -0.3 is 19.8 Å². The molecule has 0 saturated heterocycles. The maximum Gasteiger partial charge on any atom is 0.257 e. The number of carbonyl (C=O) groups excluding carboxylic acids is 1. The van der Waals surface area contributed by atoms with Gasteiger partial charge in [0, 0.05) is 12.7 Å². The molecule has 27 heavy (non-hydrogen) atoms. The Balaban J connectivity index is 1.77. The maximum atomic E-state index is 12.7. The number of aromatic nitrogens is 1. The SMILES string of the molecule is CCOc1ccc(CNC(=O)c2c[nH]c3c(OCC)cccc3c2=O)cc1. The number of amides is 1. The zero-order valence-corrected chi connectivity index (χ0v) is 15.4. The van der Waals surface area contributed by atoms with Crippen molar-refractivity contribution in [1.82, 2.24) is 10.3 Å². The van der Waals surface area contributed by atoms with Crippen molar-refractivity contribution in [1.29, 1.82) is 0 Å². The first-order chi connectivity index (χ1) is 13.1. The molecular formula is C21H22N2O4. The zero-order valence-electron chi connectivity index (χ0n) is 15.4. The van der Waals surface area contributed by atoms with Gasteiger partial charge in [0.1, 0.15) is 17.1 Å². The summed E-state index contributed by atoms with van der Waals surface area (Å²) in [5.74, 6) is 0.950. The quantitative estimate of drug-likeness (QED) is 0.673. The van der Waals surface area contributed by atoms with Gasteiger partial charge in [0.2, 0.25) is 5.43 Å². The molecule has 0 unspecified atom stereocenters. The topological polar surface area (TPSA) is 80.4 Å². The van der Waals surface area contributed by atoms with Gasteiger partial charge in [0.25, 0.3) is 5.91 Å². The van der Waals surface area contributed by atoms with Crippen molar-refractivity contribution < 1.29 is 14.3 Å². The molecule has 140 valence electrons. The molecule has 1 amide bonds. The number of pyridine rings is 1. The van der Waals surface area contributed by atoms with Gasteiger partial charge in [0.05, 0.1) is 24.1 Å². The van der Waals surface area contributed by atoms with Gasteiger partial charge in [0.15, 0.2) is 0 Å². The van der Waals surface area contributed by atoms with Gasteiger partial charge in [-0.05, 0) is 43.7 Å². The van der Waals surface area contributed by atoms with Crippen LogP contribution in [0.1, 0.15) is 29.8 Å². The Bertz CT molecular complexity index is 993. The molecule has 0 aliphatic rings. The molecule has 2 aromatic carbocycles. The molecule has 3 rings (SSSR count). The van der Waals surface area contributed by atoms with Crippen molar-refractivity contribution in [2.75, 3.05) is 13.2 Å². The van der Waals surface area contributed by atoms with Crippen molar-refractivity contribution in [3.63, 3.8) is 0 Å². The number of aromatic amines is 1. The fraction of sp³-hybridized carbons (Fsp3) is 0.238.